The lowest BCUT2D eigenvalue weighted by molar-refractivity contribution is 0.0693. The van der Waals surface area contributed by atoms with Crippen molar-refractivity contribution in [2.24, 2.45) is 0 Å². The molecule has 1 aromatic heterocycles. The van der Waals surface area contributed by atoms with Gasteiger partial charge < -0.3 is 30.5 Å². The number of nitrogens with one attached hydrogen (secondary N) is 2. The van der Waals surface area contributed by atoms with Crippen LogP contribution < -0.4 is 15.4 Å². The number of rotatable bonds is 10. The van der Waals surface area contributed by atoms with E-state index in [0.717, 1.165) is 44.6 Å². The van der Waals surface area contributed by atoms with E-state index >= 15 is 0 Å². The lowest BCUT2D eigenvalue weighted by Gasteiger charge is -2.32. The molecule has 4 N–H and O–H groups in total. The van der Waals surface area contributed by atoms with Gasteiger partial charge in [-0.3, -0.25) is 4.98 Å². The lowest BCUT2D eigenvalue weighted by Crippen LogP contribution is -2.38. The van der Waals surface area contributed by atoms with Gasteiger partial charge in [-0.1, -0.05) is 30.4 Å². The molecule has 1 aliphatic carbocycles. The van der Waals surface area contributed by atoms with Gasteiger partial charge in [-0.2, -0.15) is 0 Å². The number of aromatic carboxylic acids is 2. The Morgan fingerprint density at radius 2 is 1.76 bits per heavy atom. The zero-order valence-corrected chi connectivity index (χ0v) is 23.8. The summed E-state index contributed by atoms with van der Waals surface area (Å²) >= 11 is 0. The zero-order valence-electron chi connectivity index (χ0n) is 23.8. The number of pyridine rings is 1. The topological polar surface area (TPSA) is 141 Å². The quantitative estimate of drug-likeness (QED) is 0.243. The first-order chi connectivity index (χ1) is 19.7. The molecule has 1 aromatic carbocycles. The van der Waals surface area contributed by atoms with Crippen LogP contribution in [0.25, 0.3) is 0 Å². The molecule has 0 spiro atoms. The minimum absolute atomic E-state index is 0.128. The molecule has 2 heterocycles. The van der Waals surface area contributed by atoms with Crippen LogP contribution in [0.1, 0.15) is 80.7 Å². The van der Waals surface area contributed by atoms with E-state index in [0.29, 0.717) is 24.6 Å². The second-order valence-electron chi connectivity index (χ2n) is 10.5. The number of allylic oxidation sites excluding steroid dienone is 3. The number of benzene rings is 1. The zero-order chi connectivity index (χ0) is 29.5. The number of methoxy groups -OCH3 is 1. The van der Waals surface area contributed by atoms with Gasteiger partial charge in [0, 0.05) is 24.6 Å². The van der Waals surface area contributed by atoms with Gasteiger partial charge in [0.25, 0.3) is 0 Å². The largest absolute Gasteiger partial charge is 0.497 e. The highest BCUT2D eigenvalue weighted by Gasteiger charge is 2.29. The summed E-state index contributed by atoms with van der Waals surface area (Å²) in [6.07, 6.45) is 8.71. The van der Waals surface area contributed by atoms with Crippen molar-refractivity contribution >= 4 is 18.0 Å². The molecule has 4 rings (SSSR count). The lowest BCUT2D eigenvalue weighted by atomic mass is 9.85. The number of nitrogens with zero attached hydrogens (tertiary/aromatic N) is 2. The minimum Gasteiger partial charge on any atom is -0.497 e. The van der Waals surface area contributed by atoms with Crippen molar-refractivity contribution in [1.29, 1.82) is 0 Å². The number of piperidine rings is 1. The minimum atomic E-state index is -1.24. The van der Waals surface area contributed by atoms with Gasteiger partial charge in [-0.25, -0.2) is 14.4 Å². The van der Waals surface area contributed by atoms with E-state index in [1.807, 2.05) is 12.1 Å². The highest BCUT2D eigenvalue weighted by Crippen LogP contribution is 2.33. The molecule has 1 unspecified atom stereocenters. The number of hydrogen-bond acceptors (Lipinski definition) is 6. The summed E-state index contributed by atoms with van der Waals surface area (Å²) < 4.78 is 5.36. The van der Waals surface area contributed by atoms with Crippen molar-refractivity contribution < 1.29 is 29.3 Å². The molecule has 1 aliphatic heterocycles. The van der Waals surface area contributed by atoms with E-state index in [9.17, 15) is 24.6 Å². The van der Waals surface area contributed by atoms with Gasteiger partial charge >= 0.3 is 18.0 Å². The van der Waals surface area contributed by atoms with Crippen molar-refractivity contribution in [1.82, 2.24) is 20.5 Å². The maximum absolute atomic E-state index is 12.6. The average Bonchev–Trinajstić information content (AvgIpc) is 2.95. The van der Waals surface area contributed by atoms with Crippen LogP contribution in [0, 0.1) is 13.8 Å². The number of amides is 2. The third kappa shape index (κ3) is 7.32. The Labute approximate surface area is 240 Å². The van der Waals surface area contributed by atoms with Gasteiger partial charge in [-0.15, -0.1) is 0 Å². The van der Waals surface area contributed by atoms with E-state index in [2.05, 4.69) is 32.7 Å². The molecule has 1 fully saturated rings. The number of aromatic nitrogens is 1. The third-order valence-corrected chi connectivity index (χ3v) is 7.78. The first kappa shape index (κ1) is 29.8. The second-order valence-corrected chi connectivity index (χ2v) is 10.5. The normalized spacial score (nSPS) is 17.5. The van der Waals surface area contributed by atoms with Crippen LogP contribution in [0.15, 0.2) is 48.2 Å². The van der Waals surface area contributed by atoms with Gasteiger partial charge in [-0.05, 0) is 81.9 Å². The molecule has 0 bridgehead atoms. The fraction of sp³-hybridized carbons (Fsp3) is 0.419. The number of carboxylic acids is 2. The SMILES string of the molecule is COc1cccc(C2CCN(CCCNC(=O)NC3=CC(c4c(C(=O)O)c(C)nc(C)c4C(=O)O)C=CC3)CC2)c1. The summed E-state index contributed by atoms with van der Waals surface area (Å²) in [5.74, 6) is -1.68. The predicted octanol–water partition coefficient (Wildman–Crippen LogP) is 4.60. The van der Waals surface area contributed by atoms with E-state index in [1.165, 1.54) is 5.56 Å². The summed E-state index contributed by atoms with van der Waals surface area (Å²) in [6.45, 7) is 6.55. The fourth-order valence-corrected chi connectivity index (χ4v) is 5.79. The van der Waals surface area contributed by atoms with Crippen LogP contribution >= 0.6 is 0 Å². The first-order valence-electron chi connectivity index (χ1n) is 13.9. The Hall–Kier alpha value is -4.18. The van der Waals surface area contributed by atoms with E-state index in [4.69, 9.17) is 4.74 Å². The van der Waals surface area contributed by atoms with Crippen molar-refractivity contribution in [3.63, 3.8) is 0 Å². The Morgan fingerprint density at radius 3 is 2.39 bits per heavy atom. The number of hydrogen-bond donors (Lipinski definition) is 4. The third-order valence-electron chi connectivity index (χ3n) is 7.78. The molecule has 0 saturated carbocycles. The Morgan fingerprint density at radius 1 is 1.07 bits per heavy atom. The number of likely N-dealkylation sites (tertiary alicyclic amines) is 1. The monoisotopic (exact) mass is 562 g/mol. The predicted molar refractivity (Wildman–Crippen MR) is 155 cm³/mol. The number of carbonyl (C=O) groups is 3. The molecule has 2 aliphatic rings. The molecule has 1 atom stereocenters. The van der Waals surface area contributed by atoms with Crippen LogP contribution in [-0.4, -0.2) is 71.4 Å². The molecule has 1 saturated heterocycles. The first-order valence-corrected chi connectivity index (χ1v) is 13.9. The fourth-order valence-electron chi connectivity index (χ4n) is 5.79. The van der Waals surface area contributed by atoms with Crippen molar-refractivity contribution in [2.45, 2.75) is 51.4 Å². The van der Waals surface area contributed by atoms with Crippen molar-refractivity contribution in [3.8, 4) is 5.75 Å². The molecule has 218 valence electrons. The Bertz CT molecular complexity index is 1320. The maximum atomic E-state index is 12.6. The van der Waals surface area contributed by atoms with E-state index < -0.39 is 17.9 Å². The number of carbonyl (C=O) groups excluding carboxylic acids is 1. The summed E-state index contributed by atoms with van der Waals surface area (Å²) in [6, 6.07) is 7.95. The van der Waals surface area contributed by atoms with E-state index in [-0.39, 0.29) is 34.1 Å². The van der Waals surface area contributed by atoms with Crippen LogP contribution in [0.4, 0.5) is 4.79 Å². The molecule has 2 aromatic rings. The van der Waals surface area contributed by atoms with Gasteiger partial charge in [0.2, 0.25) is 0 Å². The summed E-state index contributed by atoms with van der Waals surface area (Å²) in [5.41, 5.74) is 2.31. The number of urea groups is 1. The number of ether oxygens (including phenoxy) is 1. The smallest absolute Gasteiger partial charge is 0.337 e. The summed E-state index contributed by atoms with van der Waals surface area (Å²) in [5, 5.41) is 25.4. The Balaban J connectivity index is 1.28. The molecular weight excluding hydrogens is 524 g/mol. The molecule has 2 amide bonds. The summed E-state index contributed by atoms with van der Waals surface area (Å²) in [7, 11) is 1.69. The van der Waals surface area contributed by atoms with Gasteiger partial charge in [0.15, 0.2) is 0 Å². The molecule has 0 radical (unpaired) electrons. The number of carboxylic acid groups (broad SMARTS) is 2. The standard InChI is InChI=1S/C31H38N4O6/c1-19-26(29(36)37)28(27(30(38)39)20(2)33-19)23-8-4-9-24(17-23)34-31(40)32-13-6-14-35-15-11-21(12-16-35)22-7-5-10-25(18-22)41-3/h4-5,7-8,10,17-18,21,23H,6,9,11-16H2,1-3H3,(H,36,37)(H,38,39)(H2,32,34,40). The second kappa shape index (κ2) is 13.5. The molecule has 41 heavy (non-hydrogen) atoms. The van der Waals surface area contributed by atoms with E-state index in [1.54, 1.807) is 39.2 Å². The molecule has 10 nitrogen and oxygen atoms in total. The maximum Gasteiger partial charge on any atom is 0.337 e. The highest BCUT2D eigenvalue weighted by molar-refractivity contribution is 5.98. The van der Waals surface area contributed by atoms with Crippen LogP contribution in [-0.2, 0) is 0 Å². The van der Waals surface area contributed by atoms with Crippen molar-refractivity contribution in [3.05, 3.63) is 81.8 Å². The van der Waals surface area contributed by atoms with Crippen molar-refractivity contribution in [2.75, 3.05) is 33.3 Å². The average molecular weight is 563 g/mol. The Kier molecular flexibility index (Phi) is 9.78. The van der Waals surface area contributed by atoms with Crippen LogP contribution in [0.5, 0.6) is 5.75 Å². The molecular formula is C31H38N4O6. The summed E-state index contributed by atoms with van der Waals surface area (Å²) in [4.78, 5) is 43.2. The van der Waals surface area contributed by atoms with Gasteiger partial charge in [0.1, 0.15) is 5.75 Å². The highest BCUT2D eigenvalue weighted by atomic mass is 16.5. The van der Waals surface area contributed by atoms with Gasteiger partial charge in [0.05, 0.1) is 29.6 Å². The van der Waals surface area contributed by atoms with Crippen LogP contribution in [0.2, 0.25) is 0 Å². The molecule has 10 heteroatoms. The van der Waals surface area contributed by atoms with Crippen LogP contribution in [0.3, 0.4) is 0 Å². The number of aryl methyl sites for hydroxylation is 2.